The molecule has 7 heteroatoms. The van der Waals surface area contributed by atoms with Crippen molar-refractivity contribution in [2.24, 2.45) is 0 Å². The average molecular weight is 307 g/mol. The molecule has 3 aromatic rings. The third kappa shape index (κ3) is 1.68. The van der Waals surface area contributed by atoms with Gasteiger partial charge in [0.15, 0.2) is 0 Å². The summed E-state index contributed by atoms with van der Waals surface area (Å²) in [6, 6.07) is 7.64. The number of aromatic amines is 1. The van der Waals surface area contributed by atoms with Gasteiger partial charge in [0, 0.05) is 11.7 Å². The molecule has 3 rings (SSSR count). The summed E-state index contributed by atoms with van der Waals surface area (Å²) in [7, 11) is 0. The van der Waals surface area contributed by atoms with Crippen molar-refractivity contribution in [3.05, 3.63) is 51.2 Å². The molecule has 90 valence electrons. The summed E-state index contributed by atoms with van der Waals surface area (Å²) in [5.74, 6) is -0.193. The van der Waals surface area contributed by atoms with E-state index in [4.69, 9.17) is 0 Å². The average Bonchev–Trinajstić information content (AvgIpc) is 2.93. The number of hydrogen-bond acceptors (Lipinski definition) is 3. The predicted molar refractivity (Wildman–Crippen MR) is 69.8 cm³/mol. The summed E-state index contributed by atoms with van der Waals surface area (Å²) in [4.78, 5) is 13.3. The maximum absolute atomic E-state index is 10.7. The summed E-state index contributed by atoms with van der Waals surface area (Å²) < 4.78 is 1.83. The lowest BCUT2D eigenvalue weighted by molar-refractivity contribution is -0.390. The van der Waals surface area contributed by atoms with E-state index in [9.17, 15) is 10.1 Å². The minimum absolute atomic E-state index is 0.193. The van der Waals surface area contributed by atoms with Crippen molar-refractivity contribution in [1.29, 1.82) is 0 Å². The van der Waals surface area contributed by atoms with Gasteiger partial charge in [-0.2, -0.15) is 0 Å². The molecule has 0 unspecified atom stereocenters. The Morgan fingerprint density at radius 1 is 1.39 bits per heavy atom. The fourth-order valence-electron chi connectivity index (χ4n) is 1.78. The number of nitro groups is 1. The molecule has 1 aromatic carbocycles. The van der Waals surface area contributed by atoms with Gasteiger partial charge in [-0.05, 0) is 44.4 Å². The highest BCUT2D eigenvalue weighted by Crippen LogP contribution is 2.25. The molecule has 0 aliphatic heterocycles. The predicted octanol–water partition coefficient (Wildman–Crippen LogP) is 3.02. The van der Waals surface area contributed by atoms with Gasteiger partial charge in [-0.15, -0.1) is 4.68 Å². The van der Waals surface area contributed by atoms with E-state index >= 15 is 0 Å². The molecular formula is C11H7BrN4O2. The van der Waals surface area contributed by atoms with E-state index in [0.29, 0.717) is 4.47 Å². The highest BCUT2D eigenvalue weighted by atomic mass is 79.9. The van der Waals surface area contributed by atoms with Crippen LogP contribution in [-0.2, 0) is 0 Å². The largest absolute Gasteiger partial charge is 0.404 e. The summed E-state index contributed by atoms with van der Waals surface area (Å²) in [6.45, 7) is 0. The van der Waals surface area contributed by atoms with Gasteiger partial charge in [0.25, 0.3) is 0 Å². The first-order chi connectivity index (χ1) is 8.65. The van der Waals surface area contributed by atoms with Crippen LogP contribution in [0.15, 0.2) is 41.1 Å². The third-order valence-electron chi connectivity index (χ3n) is 2.63. The van der Waals surface area contributed by atoms with Crippen molar-refractivity contribution in [2.75, 3.05) is 0 Å². The minimum atomic E-state index is -0.520. The molecule has 0 saturated heterocycles. The molecule has 0 aliphatic rings. The summed E-state index contributed by atoms with van der Waals surface area (Å²) >= 11 is 3.12. The maximum Gasteiger partial charge on any atom is 0.404 e. The van der Waals surface area contributed by atoms with Crippen LogP contribution in [0.4, 0.5) is 5.82 Å². The highest BCUT2D eigenvalue weighted by Gasteiger charge is 2.19. The van der Waals surface area contributed by atoms with Crippen LogP contribution in [0, 0.1) is 10.1 Å². The van der Waals surface area contributed by atoms with E-state index < -0.39 is 4.92 Å². The smallest absolute Gasteiger partial charge is 0.361 e. The number of hydrogen-bond donors (Lipinski definition) is 1. The molecule has 18 heavy (non-hydrogen) atoms. The van der Waals surface area contributed by atoms with E-state index in [2.05, 4.69) is 26.0 Å². The second kappa shape index (κ2) is 3.95. The van der Waals surface area contributed by atoms with Crippen LogP contribution in [0.25, 0.3) is 16.6 Å². The van der Waals surface area contributed by atoms with Crippen molar-refractivity contribution in [3.8, 4) is 5.69 Å². The molecule has 0 amide bonds. The van der Waals surface area contributed by atoms with Crippen LogP contribution in [0.1, 0.15) is 0 Å². The summed E-state index contributed by atoms with van der Waals surface area (Å²) in [5, 5.41) is 15.7. The molecule has 0 fully saturated rings. The van der Waals surface area contributed by atoms with Crippen molar-refractivity contribution in [3.63, 3.8) is 0 Å². The van der Waals surface area contributed by atoms with Crippen LogP contribution >= 0.6 is 15.9 Å². The zero-order valence-corrected chi connectivity index (χ0v) is 10.6. The molecular weight excluding hydrogens is 300 g/mol. The molecule has 2 aromatic heterocycles. The topological polar surface area (TPSA) is 76.8 Å². The molecule has 1 N–H and O–H groups in total. The van der Waals surface area contributed by atoms with Gasteiger partial charge in [-0.25, -0.2) is 0 Å². The van der Waals surface area contributed by atoms with Crippen LogP contribution < -0.4 is 0 Å². The molecule has 6 nitrogen and oxygen atoms in total. The first kappa shape index (κ1) is 11.0. The quantitative estimate of drug-likeness (QED) is 0.584. The number of H-pyrrole nitrogens is 1. The molecule has 2 heterocycles. The molecule has 0 atom stereocenters. The molecule has 0 aliphatic carbocycles. The SMILES string of the molecule is O=[N+]([O-])c1nn(-c2ccc3cc[nH]c3c2)cc1Br. The fraction of sp³-hybridized carbons (Fsp3) is 0. The fourth-order valence-corrected chi connectivity index (χ4v) is 2.20. The molecule has 0 radical (unpaired) electrons. The number of nitrogens with zero attached hydrogens (tertiary/aromatic N) is 3. The number of halogens is 1. The van der Waals surface area contributed by atoms with E-state index in [0.717, 1.165) is 16.6 Å². The second-order valence-electron chi connectivity index (χ2n) is 3.75. The molecule has 0 saturated carbocycles. The van der Waals surface area contributed by atoms with Crippen LogP contribution in [0.3, 0.4) is 0 Å². The lowest BCUT2D eigenvalue weighted by Gasteiger charge is -1.96. The number of aromatic nitrogens is 3. The summed E-state index contributed by atoms with van der Waals surface area (Å²) in [5.41, 5.74) is 1.72. The first-order valence-corrected chi connectivity index (χ1v) is 5.91. The Morgan fingerprint density at radius 3 is 2.94 bits per heavy atom. The molecule has 0 bridgehead atoms. The van der Waals surface area contributed by atoms with E-state index in [1.54, 1.807) is 6.20 Å². The lowest BCUT2D eigenvalue weighted by atomic mass is 10.2. The normalized spacial score (nSPS) is 10.9. The van der Waals surface area contributed by atoms with Crippen molar-refractivity contribution >= 4 is 32.7 Å². The van der Waals surface area contributed by atoms with Crippen molar-refractivity contribution in [1.82, 2.24) is 14.8 Å². The Labute approximate surface area is 110 Å². The monoisotopic (exact) mass is 306 g/mol. The first-order valence-electron chi connectivity index (χ1n) is 5.12. The highest BCUT2D eigenvalue weighted by molar-refractivity contribution is 9.10. The Hall–Kier alpha value is -2.15. The van der Waals surface area contributed by atoms with E-state index in [1.165, 1.54) is 4.68 Å². The van der Waals surface area contributed by atoms with Gasteiger partial charge in [0.1, 0.15) is 4.47 Å². The third-order valence-corrected chi connectivity index (χ3v) is 3.19. The Balaban J connectivity index is 2.13. The van der Waals surface area contributed by atoms with Gasteiger partial charge in [0.05, 0.1) is 17.0 Å². The van der Waals surface area contributed by atoms with Gasteiger partial charge in [-0.1, -0.05) is 6.07 Å². The van der Waals surface area contributed by atoms with Gasteiger partial charge < -0.3 is 15.1 Å². The van der Waals surface area contributed by atoms with E-state index in [-0.39, 0.29) is 5.82 Å². The number of benzene rings is 1. The van der Waals surface area contributed by atoms with Crippen molar-refractivity contribution < 1.29 is 4.92 Å². The van der Waals surface area contributed by atoms with Crippen LogP contribution in [-0.4, -0.2) is 19.7 Å². The van der Waals surface area contributed by atoms with Crippen molar-refractivity contribution in [2.45, 2.75) is 0 Å². The van der Waals surface area contributed by atoms with Gasteiger partial charge >= 0.3 is 5.82 Å². The standard InChI is InChI=1S/C11H7BrN4O2/c12-9-6-15(14-11(9)16(17)18)8-2-1-7-3-4-13-10(7)5-8/h1-6,13H. The van der Waals surface area contributed by atoms with Crippen LogP contribution in [0.2, 0.25) is 0 Å². The minimum Gasteiger partial charge on any atom is -0.361 e. The zero-order chi connectivity index (χ0) is 12.7. The molecule has 0 spiro atoms. The van der Waals surface area contributed by atoms with E-state index in [1.807, 2.05) is 30.5 Å². The lowest BCUT2D eigenvalue weighted by Crippen LogP contribution is -1.96. The second-order valence-corrected chi connectivity index (χ2v) is 4.61. The van der Waals surface area contributed by atoms with Gasteiger partial charge in [-0.3, -0.25) is 0 Å². The Morgan fingerprint density at radius 2 is 2.22 bits per heavy atom. The number of nitrogens with one attached hydrogen (secondary N) is 1. The number of fused-ring (bicyclic) bond motifs is 1. The zero-order valence-electron chi connectivity index (χ0n) is 9.00. The maximum atomic E-state index is 10.7. The summed E-state index contributed by atoms with van der Waals surface area (Å²) in [6.07, 6.45) is 3.41. The van der Waals surface area contributed by atoms with Crippen LogP contribution in [0.5, 0.6) is 0 Å². The number of rotatable bonds is 2. The van der Waals surface area contributed by atoms with Gasteiger partial charge in [0.2, 0.25) is 0 Å². The Kier molecular flexibility index (Phi) is 2.41. The Bertz CT molecular complexity index is 746.